The molecule has 2 aromatic carbocycles. The van der Waals surface area contributed by atoms with Gasteiger partial charge in [0, 0.05) is 36.6 Å². The second-order valence-corrected chi connectivity index (χ2v) is 8.02. The minimum Gasteiger partial charge on any atom is -0.332 e. The Hall–Kier alpha value is -4.10. The maximum Gasteiger partial charge on any atom is 0.254 e. The van der Waals surface area contributed by atoms with Crippen LogP contribution in [0.15, 0.2) is 60.0 Å². The minimum absolute atomic E-state index is 0.145. The van der Waals surface area contributed by atoms with E-state index in [0.29, 0.717) is 27.7 Å². The van der Waals surface area contributed by atoms with Crippen molar-refractivity contribution in [2.45, 2.75) is 5.16 Å². The number of terminal acetylenes is 1. The number of carbonyl (C=O) groups excluding carboxylic acids is 3. The molecule has 0 fully saturated rings. The average molecular weight is 463 g/mol. The molecule has 168 valence electrons. The quantitative estimate of drug-likeness (QED) is 0.393. The van der Waals surface area contributed by atoms with E-state index >= 15 is 0 Å². The highest BCUT2D eigenvalue weighted by Crippen LogP contribution is 2.16. The van der Waals surface area contributed by atoms with Crippen LogP contribution in [-0.4, -0.2) is 56.7 Å². The van der Waals surface area contributed by atoms with Gasteiger partial charge in [-0.15, -0.1) is 16.6 Å². The molecule has 33 heavy (non-hydrogen) atoms. The van der Waals surface area contributed by atoms with Crippen molar-refractivity contribution in [3.05, 3.63) is 66.0 Å². The SMILES string of the molecule is C#Cc1cccc(NC(=O)CN(C)C(=O)c2cccc(NC(=O)CSc3nncn3C)c2)c1. The Balaban J connectivity index is 1.55. The number of anilines is 2. The van der Waals surface area contributed by atoms with Crippen LogP contribution in [0.25, 0.3) is 0 Å². The summed E-state index contributed by atoms with van der Waals surface area (Å²) in [5, 5.41) is 13.8. The standard InChI is InChI=1S/C23H22N6O3S/c1-4-16-7-5-9-18(11-16)25-20(30)13-28(2)22(32)17-8-6-10-19(12-17)26-21(31)14-33-23-27-24-15-29(23)3/h1,5-12,15H,13-14H2,2-3H3,(H,25,30)(H,26,31). The largest absolute Gasteiger partial charge is 0.332 e. The molecule has 0 aliphatic rings. The molecule has 0 unspecified atom stereocenters. The third-order valence-electron chi connectivity index (χ3n) is 4.44. The Morgan fingerprint density at radius 3 is 2.48 bits per heavy atom. The van der Waals surface area contributed by atoms with Crippen LogP contribution >= 0.6 is 11.8 Å². The van der Waals surface area contributed by atoms with E-state index in [-0.39, 0.29) is 30.0 Å². The van der Waals surface area contributed by atoms with Gasteiger partial charge in [-0.2, -0.15) is 0 Å². The van der Waals surface area contributed by atoms with Gasteiger partial charge in [0.1, 0.15) is 6.33 Å². The normalized spacial score (nSPS) is 10.2. The van der Waals surface area contributed by atoms with Gasteiger partial charge in [0.05, 0.1) is 12.3 Å². The molecule has 0 atom stereocenters. The number of rotatable bonds is 8. The molecule has 10 heteroatoms. The molecule has 3 amide bonds. The van der Waals surface area contributed by atoms with E-state index < -0.39 is 0 Å². The second kappa shape index (κ2) is 11.0. The second-order valence-electron chi connectivity index (χ2n) is 7.08. The van der Waals surface area contributed by atoms with E-state index in [2.05, 4.69) is 26.8 Å². The fourth-order valence-electron chi connectivity index (χ4n) is 2.86. The Labute approximate surface area is 195 Å². The lowest BCUT2D eigenvalue weighted by molar-refractivity contribution is -0.116. The molecule has 0 aliphatic carbocycles. The maximum atomic E-state index is 12.8. The van der Waals surface area contributed by atoms with E-state index in [0.717, 1.165) is 0 Å². The first kappa shape index (κ1) is 23.6. The highest BCUT2D eigenvalue weighted by Gasteiger charge is 2.16. The number of nitrogens with one attached hydrogen (secondary N) is 2. The van der Waals surface area contributed by atoms with Gasteiger partial charge < -0.3 is 20.1 Å². The number of hydrogen-bond acceptors (Lipinski definition) is 6. The van der Waals surface area contributed by atoms with Crippen molar-refractivity contribution in [3.8, 4) is 12.3 Å². The van der Waals surface area contributed by atoms with Gasteiger partial charge in [-0.05, 0) is 36.4 Å². The van der Waals surface area contributed by atoms with Gasteiger partial charge in [0.2, 0.25) is 11.8 Å². The van der Waals surface area contributed by atoms with Gasteiger partial charge in [-0.3, -0.25) is 14.4 Å². The van der Waals surface area contributed by atoms with Crippen LogP contribution in [0.2, 0.25) is 0 Å². The Morgan fingerprint density at radius 2 is 1.79 bits per heavy atom. The highest BCUT2D eigenvalue weighted by molar-refractivity contribution is 7.99. The fourth-order valence-corrected chi connectivity index (χ4v) is 3.54. The summed E-state index contributed by atoms with van der Waals surface area (Å²) in [6, 6.07) is 13.4. The van der Waals surface area contributed by atoms with E-state index in [4.69, 9.17) is 6.42 Å². The molecule has 0 spiro atoms. The zero-order valence-corrected chi connectivity index (χ0v) is 18.9. The van der Waals surface area contributed by atoms with Crippen LogP contribution in [-0.2, 0) is 16.6 Å². The van der Waals surface area contributed by atoms with Crippen molar-refractivity contribution < 1.29 is 14.4 Å². The molecule has 1 heterocycles. The summed E-state index contributed by atoms with van der Waals surface area (Å²) in [4.78, 5) is 38.7. The molecule has 1 aromatic heterocycles. The van der Waals surface area contributed by atoms with Crippen LogP contribution in [0.1, 0.15) is 15.9 Å². The van der Waals surface area contributed by atoms with Crippen molar-refractivity contribution in [2.24, 2.45) is 7.05 Å². The third-order valence-corrected chi connectivity index (χ3v) is 5.47. The Bertz CT molecular complexity index is 1220. The summed E-state index contributed by atoms with van der Waals surface area (Å²) in [6.45, 7) is -0.149. The maximum absolute atomic E-state index is 12.8. The number of carbonyl (C=O) groups is 3. The van der Waals surface area contributed by atoms with Gasteiger partial charge >= 0.3 is 0 Å². The highest BCUT2D eigenvalue weighted by atomic mass is 32.2. The molecule has 3 rings (SSSR count). The van der Waals surface area contributed by atoms with Crippen molar-refractivity contribution in [1.82, 2.24) is 19.7 Å². The van der Waals surface area contributed by atoms with Crippen molar-refractivity contribution >= 4 is 40.9 Å². The third kappa shape index (κ3) is 6.69. The molecular formula is C23H22N6O3S. The molecule has 0 aliphatic heterocycles. The predicted octanol–water partition coefficient (Wildman–Crippen LogP) is 2.24. The average Bonchev–Trinajstić information content (AvgIpc) is 3.22. The van der Waals surface area contributed by atoms with Crippen molar-refractivity contribution in [3.63, 3.8) is 0 Å². The number of amides is 3. The first-order valence-electron chi connectivity index (χ1n) is 9.84. The summed E-state index contributed by atoms with van der Waals surface area (Å²) in [7, 11) is 3.32. The number of aromatic nitrogens is 3. The molecule has 0 saturated carbocycles. The first-order valence-corrected chi connectivity index (χ1v) is 10.8. The number of benzene rings is 2. The number of nitrogens with zero attached hydrogens (tertiary/aromatic N) is 4. The number of hydrogen-bond donors (Lipinski definition) is 2. The summed E-state index contributed by atoms with van der Waals surface area (Å²) in [5.41, 5.74) is 2.03. The lowest BCUT2D eigenvalue weighted by atomic mass is 10.1. The molecule has 0 bridgehead atoms. The number of aryl methyl sites for hydroxylation is 1. The zero-order valence-electron chi connectivity index (χ0n) is 18.1. The molecular weight excluding hydrogens is 440 g/mol. The summed E-state index contributed by atoms with van der Waals surface area (Å²) in [5.74, 6) is 1.70. The van der Waals surface area contributed by atoms with Gasteiger partial charge in [0.15, 0.2) is 5.16 Å². The molecule has 0 saturated heterocycles. The summed E-state index contributed by atoms with van der Waals surface area (Å²) >= 11 is 1.25. The zero-order chi connectivity index (χ0) is 23.8. The van der Waals surface area contributed by atoms with E-state index in [9.17, 15) is 14.4 Å². The molecule has 0 radical (unpaired) electrons. The molecule has 2 N–H and O–H groups in total. The smallest absolute Gasteiger partial charge is 0.254 e. The summed E-state index contributed by atoms with van der Waals surface area (Å²) in [6.07, 6.45) is 6.93. The van der Waals surface area contributed by atoms with E-state index in [1.807, 2.05) is 0 Å². The predicted molar refractivity (Wildman–Crippen MR) is 127 cm³/mol. The Morgan fingerprint density at radius 1 is 1.09 bits per heavy atom. The monoisotopic (exact) mass is 462 g/mol. The lowest BCUT2D eigenvalue weighted by Gasteiger charge is -2.17. The topological polar surface area (TPSA) is 109 Å². The van der Waals surface area contributed by atoms with E-state index in [1.54, 1.807) is 66.5 Å². The van der Waals surface area contributed by atoms with Crippen LogP contribution in [0.5, 0.6) is 0 Å². The van der Waals surface area contributed by atoms with Gasteiger partial charge in [0.25, 0.3) is 5.91 Å². The van der Waals surface area contributed by atoms with Crippen LogP contribution in [0, 0.1) is 12.3 Å². The first-order chi connectivity index (χ1) is 15.9. The van der Waals surface area contributed by atoms with Gasteiger partial charge in [-0.25, -0.2) is 0 Å². The van der Waals surface area contributed by atoms with Crippen LogP contribution in [0.4, 0.5) is 11.4 Å². The minimum atomic E-state index is -0.356. The van der Waals surface area contributed by atoms with Crippen LogP contribution in [0.3, 0.4) is 0 Å². The fraction of sp³-hybridized carbons (Fsp3) is 0.174. The summed E-state index contributed by atoms with van der Waals surface area (Å²) < 4.78 is 1.72. The Kier molecular flexibility index (Phi) is 7.83. The number of thioether (sulfide) groups is 1. The van der Waals surface area contributed by atoms with Crippen LogP contribution < -0.4 is 10.6 Å². The van der Waals surface area contributed by atoms with Crippen molar-refractivity contribution in [2.75, 3.05) is 30.0 Å². The number of likely N-dealkylation sites (N-methyl/N-ethyl adjacent to an activating group) is 1. The molecule has 9 nitrogen and oxygen atoms in total. The van der Waals surface area contributed by atoms with E-state index in [1.165, 1.54) is 23.7 Å². The van der Waals surface area contributed by atoms with Gasteiger partial charge in [-0.1, -0.05) is 29.8 Å². The molecule has 3 aromatic rings. The van der Waals surface area contributed by atoms with Crippen molar-refractivity contribution in [1.29, 1.82) is 0 Å². The lowest BCUT2D eigenvalue weighted by Crippen LogP contribution is -2.35.